The van der Waals surface area contributed by atoms with Crippen LogP contribution < -0.4 is 14.8 Å². The summed E-state index contributed by atoms with van der Waals surface area (Å²) in [5.74, 6) is 2.22. The molecule has 1 aromatic heterocycles. The van der Waals surface area contributed by atoms with Crippen molar-refractivity contribution in [1.82, 2.24) is 14.9 Å². The van der Waals surface area contributed by atoms with Gasteiger partial charge in [0.1, 0.15) is 23.4 Å². The van der Waals surface area contributed by atoms with Crippen LogP contribution in [-0.2, 0) is 11.8 Å². The number of ether oxygens (including phenoxy) is 2. The number of imidazole rings is 1. The largest absolute Gasteiger partial charge is 0.497 e. The average Bonchev–Trinajstić information content (AvgIpc) is 3.15. The van der Waals surface area contributed by atoms with Crippen LogP contribution in [0.3, 0.4) is 0 Å². The molecule has 3 rings (SSSR count). The second-order valence-corrected chi connectivity index (χ2v) is 7.50. The van der Waals surface area contributed by atoms with Crippen molar-refractivity contribution >= 4 is 21.8 Å². The summed E-state index contributed by atoms with van der Waals surface area (Å²) in [5.41, 5.74) is 0.914. The normalized spacial score (nSPS) is 11.7. The number of hydrogen-bond acceptors (Lipinski definition) is 4. The second kappa shape index (κ2) is 10.1. The number of benzene rings is 2. The lowest BCUT2D eigenvalue weighted by Gasteiger charge is -2.20. The van der Waals surface area contributed by atoms with Gasteiger partial charge in [-0.2, -0.15) is 0 Å². The molecular weight excluding hydrogens is 434 g/mol. The molecule has 2 aromatic carbocycles. The molecule has 0 radical (unpaired) electrons. The standard InChI is InChI=1S/C22H24BrN3O3/c1-26-12-11-24-22(26)21(16-6-3-8-18(14-16)28-2)25-20(27)10-5-13-29-19-9-4-7-17(23)15-19/h3-4,6-9,11-12,14-15,21H,5,10,13H2,1-2H3,(H,25,27). The molecule has 29 heavy (non-hydrogen) atoms. The molecule has 0 aliphatic carbocycles. The number of hydrogen-bond donors (Lipinski definition) is 1. The number of methoxy groups -OCH3 is 1. The fourth-order valence-corrected chi connectivity index (χ4v) is 3.36. The summed E-state index contributed by atoms with van der Waals surface area (Å²) in [7, 11) is 3.53. The highest BCUT2D eigenvalue weighted by molar-refractivity contribution is 9.10. The van der Waals surface area contributed by atoms with E-state index in [9.17, 15) is 4.79 Å². The Morgan fingerprint density at radius 3 is 2.72 bits per heavy atom. The maximum atomic E-state index is 12.6. The molecule has 1 N–H and O–H groups in total. The number of amides is 1. The molecule has 0 spiro atoms. The molecule has 0 aliphatic heterocycles. The molecule has 0 aliphatic rings. The molecule has 1 atom stereocenters. The van der Waals surface area contributed by atoms with E-state index in [-0.39, 0.29) is 11.9 Å². The summed E-state index contributed by atoms with van der Waals surface area (Å²) >= 11 is 3.42. The molecular formula is C22H24BrN3O3. The van der Waals surface area contributed by atoms with Gasteiger partial charge in [-0.1, -0.05) is 34.1 Å². The Morgan fingerprint density at radius 2 is 2.00 bits per heavy atom. The SMILES string of the molecule is COc1cccc(C(NC(=O)CCCOc2cccc(Br)c2)c2nccn2C)c1. The van der Waals surface area contributed by atoms with Crippen molar-refractivity contribution < 1.29 is 14.3 Å². The number of carbonyl (C=O) groups excluding carboxylic acids is 1. The van der Waals surface area contributed by atoms with Gasteiger partial charge in [0.2, 0.25) is 5.91 Å². The zero-order valence-electron chi connectivity index (χ0n) is 16.5. The summed E-state index contributed by atoms with van der Waals surface area (Å²) in [6, 6.07) is 14.9. The van der Waals surface area contributed by atoms with Gasteiger partial charge in [-0.25, -0.2) is 4.98 Å². The van der Waals surface area contributed by atoms with Crippen molar-refractivity contribution in [3.05, 3.63) is 76.8 Å². The molecule has 1 amide bonds. The smallest absolute Gasteiger partial charge is 0.220 e. The number of rotatable bonds is 9. The molecule has 7 heteroatoms. The predicted octanol–water partition coefficient (Wildman–Crippen LogP) is 4.26. The lowest BCUT2D eigenvalue weighted by Crippen LogP contribution is -2.31. The third kappa shape index (κ3) is 5.84. The van der Waals surface area contributed by atoms with Gasteiger partial charge in [0.25, 0.3) is 0 Å². The van der Waals surface area contributed by atoms with Gasteiger partial charge in [0.05, 0.1) is 13.7 Å². The summed E-state index contributed by atoms with van der Waals surface area (Å²) in [6.07, 6.45) is 4.56. The fourth-order valence-electron chi connectivity index (χ4n) is 2.99. The Balaban J connectivity index is 1.61. The third-order valence-electron chi connectivity index (χ3n) is 4.46. The number of carbonyl (C=O) groups is 1. The highest BCUT2D eigenvalue weighted by atomic mass is 79.9. The molecule has 1 heterocycles. The average molecular weight is 458 g/mol. The van der Waals surface area contributed by atoms with E-state index in [1.807, 2.05) is 66.3 Å². The van der Waals surface area contributed by atoms with E-state index in [4.69, 9.17) is 9.47 Å². The number of nitrogens with zero attached hydrogens (tertiary/aromatic N) is 2. The first-order valence-electron chi connectivity index (χ1n) is 9.35. The first-order chi connectivity index (χ1) is 14.1. The number of aryl methyl sites for hydroxylation is 1. The quantitative estimate of drug-likeness (QED) is 0.487. The Kier molecular flexibility index (Phi) is 7.30. The molecule has 3 aromatic rings. The Bertz CT molecular complexity index is 958. The van der Waals surface area contributed by atoms with Gasteiger partial charge >= 0.3 is 0 Å². The van der Waals surface area contributed by atoms with Crippen molar-refractivity contribution in [2.24, 2.45) is 7.05 Å². The van der Waals surface area contributed by atoms with Crippen molar-refractivity contribution in [1.29, 1.82) is 0 Å². The molecule has 0 fully saturated rings. The van der Waals surface area contributed by atoms with Crippen LogP contribution in [0, 0.1) is 0 Å². The van der Waals surface area contributed by atoms with Crippen LogP contribution in [0.2, 0.25) is 0 Å². The van der Waals surface area contributed by atoms with Crippen LogP contribution in [-0.4, -0.2) is 29.2 Å². The Hall–Kier alpha value is -2.80. The zero-order valence-corrected chi connectivity index (χ0v) is 18.1. The number of nitrogens with one attached hydrogen (secondary N) is 1. The Labute approximate surface area is 179 Å². The molecule has 1 unspecified atom stereocenters. The maximum Gasteiger partial charge on any atom is 0.220 e. The van der Waals surface area contributed by atoms with Crippen LogP contribution in [0.5, 0.6) is 11.5 Å². The minimum Gasteiger partial charge on any atom is -0.497 e. The topological polar surface area (TPSA) is 65.4 Å². The molecule has 0 bridgehead atoms. The van der Waals surface area contributed by atoms with Gasteiger partial charge in [-0.3, -0.25) is 4.79 Å². The number of halogens is 1. The predicted molar refractivity (Wildman–Crippen MR) is 115 cm³/mol. The minimum atomic E-state index is -0.358. The van der Waals surface area contributed by atoms with E-state index in [0.717, 1.165) is 27.4 Å². The molecule has 0 saturated carbocycles. The van der Waals surface area contributed by atoms with Crippen LogP contribution in [0.4, 0.5) is 0 Å². The monoisotopic (exact) mass is 457 g/mol. The van der Waals surface area contributed by atoms with E-state index in [1.165, 1.54) is 0 Å². The first kappa shape index (κ1) is 20.9. The second-order valence-electron chi connectivity index (χ2n) is 6.58. The first-order valence-corrected chi connectivity index (χ1v) is 10.1. The van der Waals surface area contributed by atoms with Crippen molar-refractivity contribution in [2.45, 2.75) is 18.9 Å². The zero-order chi connectivity index (χ0) is 20.6. The van der Waals surface area contributed by atoms with Crippen molar-refractivity contribution in [3.63, 3.8) is 0 Å². The molecule has 6 nitrogen and oxygen atoms in total. The van der Waals surface area contributed by atoms with E-state index in [1.54, 1.807) is 13.3 Å². The number of aromatic nitrogens is 2. The van der Waals surface area contributed by atoms with Crippen molar-refractivity contribution in [3.8, 4) is 11.5 Å². The van der Waals surface area contributed by atoms with E-state index >= 15 is 0 Å². The van der Waals surface area contributed by atoms with Crippen LogP contribution >= 0.6 is 15.9 Å². The van der Waals surface area contributed by atoms with Gasteiger partial charge < -0.3 is 19.4 Å². The molecule has 152 valence electrons. The Morgan fingerprint density at radius 1 is 1.21 bits per heavy atom. The van der Waals surface area contributed by atoms with Gasteiger partial charge in [-0.05, 0) is 42.3 Å². The van der Waals surface area contributed by atoms with Gasteiger partial charge in [0.15, 0.2) is 0 Å². The van der Waals surface area contributed by atoms with E-state index in [0.29, 0.717) is 19.4 Å². The van der Waals surface area contributed by atoms with Crippen LogP contribution in [0.25, 0.3) is 0 Å². The maximum absolute atomic E-state index is 12.6. The van der Waals surface area contributed by atoms with Gasteiger partial charge in [-0.15, -0.1) is 0 Å². The third-order valence-corrected chi connectivity index (χ3v) is 4.96. The van der Waals surface area contributed by atoms with Crippen LogP contribution in [0.1, 0.15) is 30.3 Å². The summed E-state index contributed by atoms with van der Waals surface area (Å²) in [5, 5.41) is 3.09. The highest BCUT2D eigenvalue weighted by Gasteiger charge is 2.21. The molecule has 0 saturated heterocycles. The minimum absolute atomic E-state index is 0.0568. The fraction of sp³-hybridized carbons (Fsp3) is 0.273. The summed E-state index contributed by atoms with van der Waals surface area (Å²) < 4.78 is 13.9. The highest BCUT2D eigenvalue weighted by Crippen LogP contribution is 2.24. The van der Waals surface area contributed by atoms with Crippen molar-refractivity contribution in [2.75, 3.05) is 13.7 Å². The summed E-state index contributed by atoms with van der Waals surface area (Å²) in [6.45, 7) is 0.468. The van der Waals surface area contributed by atoms with Crippen LogP contribution in [0.15, 0.2) is 65.4 Å². The lowest BCUT2D eigenvalue weighted by molar-refractivity contribution is -0.121. The lowest BCUT2D eigenvalue weighted by atomic mass is 10.1. The van der Waals surface area contributed by atoms with E-state index in [2.05, 4.69) is 26.2 Å². The van der Waals surface area contributed by atoms with E-state index < -0.39 is 0 Å². The van der Waals surface area contributed by atoms with Gasteiger partial charge in [0, 0.05) is 30.3 Å². The summed E-state index contributed by atoms with van der Waals surface area (Å²) in [4.78, 5) is 17.0.